The van der Waals surface area contributed by atoms with Gasteiger partial charge in [0.15, 0.2) is 11.5 Å². The first kappa shape index (κ1) is 17.7. The van der Waals surface area contributed by atoms with Gasteiger partial charge >= 0.3 is 0 Å². The van der Waals surface area contributed by atoms with Gasteiger partial charge in [-0.3, -0.25) is 0 Å². The Morgan fingerprint density at radius 1 is 1.07 bits per heavy atom. The van der Waals surface area contributed by atoms with Crippen molar-refractivity contribution in [2.24, 2.45) is 5.92 Å². The Kier molecular flexibility index (Phi) is 4.94. The van der Waals surface area contributed by atoms with E-state index in [2.05, 4.69) is 16.9 Å². The number of hydrogen-bond acceptors (Lipinski definition) is 6. The monoisotopic (exact) mass is 367 g/mol. The minimum atomic E-state index is 0.376. The number of methoxy groups -OCH3 is 2. The Balaban J connectivity index is 1.80. The summed E-state index contributed by atoms with van der Waals surface area (Å²) in [6.45, 7) is 4.70. The van der Waals surface area contributed by atoms with Crippen LogP contribution in [0, 0.1) is 5.92 Å². The molecule has 0 unspecified atom stereocenters. The maximum absolute atomic E-state index is 5.30. The number of aromatic nitrogens is 4. The van der Waals surface area contributed by atoms with E-state index in [-0.39, 0.29) is 0 Å². The van der Waals surface area contributed by atoms with Gasteiger partial charge in [0, 0.05) is 20.2 Å². The van der Waals surface area contributed by atoms with E-state index >= 15 is 0 Å². The van der Waals surface area contributed by atoms with Gasteiger partial charge < -0.3 is 14.4 Å². The zero-order valence-corrected chi connectivity index (χ0v) is 16.1. The first-order valence-electron chi connectivity index (χ1n) is 9.32. The van der Waals surface area contributed by atoms with Crippen LogP contribution >= 0.6 is 0 Å². The number of ether oxygens (including phenoxy) is 2. The van der Waals surface area contributed by atoms with Crippen molar-refractivity contribution >= 4 is 16.9 Å². The van der Waals surface area contributed by atoms with Crippen molar-refractivity contribution in [1.29, 1.82) is 0 Å². The molecule has 1 saturated heterocycles. The molecule has 7 heteroatoms. The molecule has 0 aliphatic carbocycles. The zero-order valence-electron chi connectivity index (χ0n) is 16.1. The third-order valence-electron chi connectivity index (χ3n) is 5.13. The predicted molar refractivity (Wildman–Crippen MR) is 105 cm³/mol. The third kappa shape index (κ3) is 3.47. The van der Waals surface area contributed by atoms with Crippen molar-refractivity contribution in [3.05, 3.63) is 36.3 Å². The second kappa shape index (κ2) is 7.52. The standard InChI is InChI=1S/C20H25N5O2/c1-14-8-10-24(11-9-14)19-17-12-21-25(15-4-6-16(27-3)7-5-15)20(17)23-18(22-19)13-26-2/h4-7,12,14H,8-11,13H2,1-3H3. The number of piperidine rings is 1. The van der Waals surface area contributed by atoms with Gasteiger partial charge in [0.2, 0.25) is 0 Å². The fourth-order valence-electron chi connectivity index (χ4n) is 3.50. The Hall–Kier alpha value is -2.67. The molecule has 4 rings (SSSR count). The third-order valence-corrected chi connectivity index (χ3v) is 5.13. The predicted octanol–water partition coefficient (Wildman–Crippen LogP) is 3.21. The van der Waals surface area contributed by atoms with Crippen LogP contribution in [0.1, 0.15) is 25.6 Å². The highest BCUT2D eigenvalue weighted by atomic mass is 16.5. The molecule has 142 valence electrons. The van der Waals surface area contributed by atoms with E-state index in [9.17, 15) is 0 Å². The van der Waals surface area contributed by atoms with Crippen molar-refractivity contribution in [2.45, 2.75) is 26.4 Å². The first-order valence-corrected chi connectivity index (χ1v) is 9.32. The molecular formula is C20H25N5O2. The lowest BCUT2D eigenvalue weighted by molar-refractivity contribution is 0.178. The summed E-state index contributed by atoms with van der Waals surface area (Å²) in [7, 11) is 3.32. The second-order valence-electron chi connectivity index (χ2n) is 7.06. The molecule has 7 nitrogen and oxygen atoms in total. The smallest absolute Gasteiger partial charge is 0.168 e. The van der Waals surface area contributed by atoms with E-state index in [1.807, 2.05) is 35.1 Å². The SMILES string of the molecule is COCc1nc(N2CCC(C)CC2)c2cnn(-c3ccc(OC)cc3)c2n1. The Morgan fingerprint density at radius 2 is 1.81 bits per heavy atom. The van der Waals surface area contributed by atoms with E-state index in [4.69, 9.17) is 19.4 Å². The average Bonchev–Trinajstić information content (AvgIpc) is 3.12. The molecular weight excluding hydrogens is 342 g/mol. The van der Waals surface area contributed by atoms with E-state index in [0.717, 1.165) is 47.3 Å². The van der Waals surface area contributed by atoms with Crippen LogP contribution in [0.15, 0.2) is 30.5 Å². The summed E-state index contributed by atoms with van der Waals surface area (Å²) in [5.41, 5.74) is 1.74. The molecule has 0 saturated carbocycles. The van der Waals surface area contributed by atoms with Crippen molar-refractivity contribution in [3.8, 4) is 11.4 Å². The number of fused-ring (bicyclic) bond motifs is 1. The summed E-state index contributed by atoms with van der Waals surface area (Å²) in [6, 6.07) is 7.80. The van der Waals surface area contributed by atoms with Gasteiger partial charge in [-0.2, -0.15) is 5.10 Å². The van der Waals surface area contributed by atoms with Gasteiger partial charge in [0.1, 0.15) is 18.2 Å². The molecule has 1 aromatic carbocycles. The van der Waals surface area contributed by atoms with Crippen molar-refractivity contribution in [3.63, 3.8) is 0 Å². The first-order chi connectivity index (χ1) is 13.2. The van der Waals surface area contributed by atoms with Crippen LogP contribution in [0.5, 0.6) is 5.75 Å². The maximum Gasteiger partial charge on any atom is 0.168 e. The number of nitrogens with zero attached hydrogens (tertiary/aromatic N) is 5. The lowest BCUT2D eigenvalue weighted by Crippen LogP contribution is -2.33. The summed E-state index contributed by atoms with van der Waals surface area (Å²) in [5, 5.41) is 5.57. The minimum Gasteiger partial charge on any atom is -0.497 e. The number of anilines is 1. The van der Waals surface area contributed by atoms with E-state index in [1.54, 1.807) is 14.2 Å². The molecule has 0 amide bonds. The van der Waals surface area contributed by atoms with Crippen LogP contribution in [-0.4, -0.2) is 47.1 Å². The highest BCUT2D eigenvalue weighted by Gasteiger charge is 2.22. The van der Waals surface area contributed by atoms with Gasteiger partial charge in [-0.05, 0) is 43.0 Å². The molecule has 1 fully saturated rings. The molecule has 3 aromatic rings. The molecule has 3 heterocycles. The largest absolute Gasteiger partial charge is 0.497 e. The molecule has 1 aliphatic rings. The van der Waals surface area contributed by atoms with E-state index < -0.39 is 0 Å². The van der Waals surface area contributed by atoms with Crippen LogP contribution in [0.4, 0.5) is 5.82 Å². The molecule has 0 spiro atoms. The Labute approximate surface area is 158 Å². The quantitative estimate of drug-likeness (QED) is 0.690. The fourth-order valence-corrected chi connectivity index (χ4v) is 3.50. The minimum absolute atomic E-state index is 0.376. The maximum atomic E-state index is 5.30. The summed E-state index contributed by atoms with van der Waals surface area (Å²) >= 11 is 0. The van der Waals surface area contributed by atoms with Crippen LogP contribution < -0.4 is 9.64 Å². The molecule has 0 bridgehead atoms. The molecule has 0 radical (unpaired) electrons. The van der Waals surface area contributed by atoms with E-state index in [0.29, 0.717) is 12.4 Å². The molecule has 27 heavy (non-hydrogen) atoms. The highest BCUT2D eigenvalue weighted by molar-refractivity contribution is 5.88. The summed E-state index contributed by atoms with van der Waals surface area (Å²) in [6.07, 6.45) is 4.22. The van der Waals surface area contributed by atoms with Gasteiger partial charge in [0.05, 0.1) is 24.4 Å². The Morgan fingerprint density at radius 3 is 2.48 bits per heavy atom. The number of hydrogen-bond donors (Lipinski definition) is 0. The Bertz CT molecular complexity index is 914. The lowest BCUT2D eigenvalue weighted by Gasteiger charge is -2.31. The summed E-state index contributed by atoms with van der Waals surface area (Å²) in [4.78, 5) is 11.9. The lowest BCUT2D eigenvalue weighted by atomic mass is 9.99. The number of rotatable bonds is 5. The second-order valence-corrected chi connectivity index (χ2v) is 7.06. The zero-order chi connectivity index (χ0) is 18.8. The summed E-state index contributed by atoms with van der Waals surface area (Å²) < 4.78 is 12.4. The van der Waals surface area contributed by atoms with E-state index in [1.165, 1.54) is 12.8 Å². The van der Waals surface area contributed by atoms with Crippen LogP contribution in [0.25, 0.3) is 16.7 Å². The average molecular weight is 367 g/mol. The number of benzene rings is 1. The molecule has 0 atom stereocenters. The van der Waals surface area contributed by atoms with Gasteiger partial charge in [-0.25, -0.2) is 14.6 Å². The molecule has 0 N–H and O–H groups in total. The van der Waals surface area contributed by atoms with Gasteiger partial charge in [-0.15, -0.1) is 0 Å². The van der Waals surface area contributed by atoms with Crippen molar-refractivity contribution < 1.29 is 9.47 Å². The van der Waals surface area contributed by atoms with Crippen LogP contribution in [-0.2, 0) is 11.3 Å². The van der Waals surface area contributed by atoms with Crippen molar-refractivity contribution in [2.75, 3.05) is 32.2 Å². The van der Waals surface area contributed by atoms with Crippen LogP contribution in [0.2, 0.25) is 0 Å². The van der Waals surface area contributed by atoms with Crippen molar-refractivity contribution in [1.82, 2.24) is 19.7 Å². The highest BCUT2D eigenvalue weighted by Crippen LogP contribution is 2.29. The summed E-state index contributed by atoms with van der Waals surface area (Å²) in [5.74, 6) is 3.21. The molecule has 2 aromatic heterocycles. The van der Waals surface area contributed by atoms with Crippen LogP contribution in [0.3, 0.4) is 0 Å². The van der Waals surface area contributed by atoms with Gasteiger partial charge in [-0.1, -0.05) is 6.92 Å². The topological polar surface area (TPSA) is 65.3 Å². The molecule has 1 aliphatic heterocycles. The normalized spacial score (nSPS) is 15.4. The fraction of sp³-hybridized carbons (Fsp3) is 0.450. The van der Waals surface area contributed by atoms with Gasteiger partial charge in [0.25, 0.3) is 0 Å².